The summed E-state index contributed by atoms with van der Waals surface area (Å²) in [5.74, 6) is 0. The van der Waals surface area contributed by atoms with Crippen molar-refractivity contribution >= 4 is 11.6 Å². The molecule has 0 aliphatic rings. The summed E-state index contributed by atoms with van der Waals surface area (Å²) >= 11 is 6.27. The molecule has 0 fully saturated rings. The molecule has 1 N–H and O–H groups in total. The average molecular weight is 305 g/mol. The van der Waals surface area contributed by atoms with Crippen molar-refractivity contribution in [3.63, 3.8) is 0 Å². The van der Waals surface area contributed by atoms with E-state index < -0.39 is 0 Å². The van der Waals surface area contributed by atoms with E-state index in [9.17, 15) is 0 Å². The van der Waals surface area contributed by atoms with Gasteiger partial charge in [-0.3, -0.25) is 0 Å². The maximum Gasteiger partial charge on any atom is 0.0470 e. The van der Waals surface area contributed by atoms with E-state index in [1.165, 1.54) is 29.8 Å². The van der Waals surface area contributed by atoms with E-state index in [1.54, 1.807) is 0 Å². The smallest absolute Gasteiger partial charge is 0.0470 e. The minimum atomic E-state index is 0.822. The minimum Gasteiger partial charge on any atom is -0.318 e. The summed E-state index contributed by atoms with van der Waals surface area (Å²) in [4.78, 5) is 0. The number of nitrogens with one attached hydrogen (secondary N) is 1. The van der Waals surface area contributed by atoms with Crippen LogP contribution in [0.4, 0.5) is 0 Å². The summed E-state index contributed by atoms with van der Waals surface area (Å²) in [7, 11) is 0. The highest BCUT2D eigenvalue weighted by molar-refractivity contribution is 6.31. The van der Waals surface area contributed by atoms with Gasteiger partial charge in [-0.25, -0.2) is 0 Å². The van der Waals surface area contributed by atoms with Crippen molar-refractivity contribution in [1.29, 1.82) is 0 Å². The molecule has 2 nitrogen and oxygen atoms in total. The Morgan fingerprint density at radius 3 is 2.57 bits per heavy atom. The van der Waals surface area contributed by atoms with Gasteiger partial charge in [0.05, 0.1) is 0 Å². The van der Waals surface area contributed by atoms with Gasteiger partial charge in [0, 0.05) is 28.6 Å². The molecule has 0 saturated heterocycles. The molecular weight excluding hydrogens is 280 g/mol. The standard InChI is InChI=1S/C18H25ClN2/c1-5-6-9-20-12-16-10-14(3)21(15(16)4)17-8-7-13(2)18(19)11-17/h7-8,10-11,20H,5-6,9,12H2,1-4H3. The van der Waals surface area contributed by atoms with E-state index in [0.717, 1.165) is 29.4 Å². The molecule has 2 aromatic rings. The molecule has 1 aromatic carbocycles. The molecule has 114 valence electrons. The molecule has 2 rings (SSSR count). The molecule has 1 aromatic heterocycles. The molecule has 0 unspecified atom stereocenters. The highest BCUT2D eigenvalue weighted by Crippen LogP contribution is 2.24. The van der Waals surface area contributed by atoms with E-state index in [2.05, 4.69) is 48.9 Å². The van der Waals surface area contributed by atoms with Crippen molar-refractivity contribution < 1.29 is 0 Å². The van der Waals surface area contributed by atoms with Crippen LogP contribution >= 0.6 is 11.6 Å². The van der Waals surface area contributed by atoms with Gasteiger partial charge in [0.15, 0.2) is 0 Å². The van der Waals surface area contributed by atoms with Crippen LogP contribution in [0, 0.1) is 20.8 Å². The van der Waals surface area contributed by atoms with Gasteiger partial charge in [-0.15, -0.1) is 0 Å². The second-order valence-corrected chi connectivity index (χ2v) is 6.10. The van der Waals surface area contributed by atoms with Crippen molar-refractivity contribution in [3.05, 3.63) is 51.8 Å². The molecule has 0 amide bonds. The first-order chi connectivity index (χ1) is 10.0. The van der Waals surface area contributed by atoms with Crippen LogP contribution in [0.1, 0.15) is 42.3 Å². The lowest BCUT2D eigenvalue weighted by Crippen LogP contribution is -2.14. The number of hydrogen-bond donors (Lipinski definition) is 1. The summed E-state index contributed by atoms with van der Waals surface area (Å²) in [5.41, 5.74) is 6.15. The Hall–Kier alpha value is -1.25. The quantitative estimate of drug-likeness (QED) is 0.748. The number of hydrogen-bond acceptors (Lipinski definition) is 1. The molecular formula is C18H25ClN2. The van der Waals surface area contributed by atoms with E-state index in [4.69, 9.17) is 11.6 Å². The fourth-order valence-electron chi connectivity index (χ4n) is 2.65. The van der Waals surface area contributed by atoms with Crippen LogP contribution in [0.15, 0.2) is 24.3 Å². The Labute approximate surface area is 133 Å². The summed E-state index contributed by atoms with van der Waals surface area (Å²) in [6, 6.07) is 8.53. The first-order valence-electron chi connectivity index (χ1n) is 7.69. The van der Waals surface area contributed by atoms with Gasteiger partial charge in [0.2, 0.25) is 0 Å². The molecule has 0 atom stereocenters. The van der Waals surface area contributed by atoms with Gasteiger partial charge >= 0.3 is 0 Å². The predicted molar refractivity (Wildman–Crippen MR) is 91.6 cm³/mol. The van der Waals surface area contributed by atoms with Gasteiger partial charge in [-0.1, -0.05) is 31.0 Å². The molecule has 21 heavy (non-hydrogen) atoms. The number of aryl methyl sites for hydroxylation is 2. The van der Waals surface area contributed by atoms with Gasteiger partial charge in [0.1, 0.15) is 0 Å². The lowest BCUT2D eigenvalue weighted by atomic mass is 10.2. The van der Waals surface area contributed by atoms with Crippen LogP contribution in [-0.4, -0.2) is 11.1 Å². The van der Waals surface area contributed by atoms with Crippen molar-refractivity contribution in [1.82, 2.24) is 9.88 Å². The third-order valence-electron chi connectivity index (χ3n) is 3.97. The van der Waals surface area contributed by atoms with Gasteiger partial charge in [-0.05, 0) is 63.1 Å². The van der Waals surface area contributed by atoms with Crippen molar-refractivity contribution in [3.8, 4) is 5.69 Å². The fraction of sp³-hybridized carbons (Fsp3) is 0.444. The van der Waals surface area contributed by atoms with Crippen LogP contribution in [0.2, 0.25) is 5.02 Å². The third kappa shape index (κ3) is 3.69. The molecule has 0 aliphatic carbocycles. The number of aromatic nitrogens is 1. The predicted octanol–water partition coefficient (Wildman–Crippen LogP) is 4.95. The molecule has 0 aliphatic heterocycles. The van der Waals surface area contributed by atoms with E-state index >= 15 is 0 Å². The fourth-order valence-corrected chi connectivity index (χ4v) is 2.83. The van der Waals surface area contributed by atoms with Crippen LogP contribution in [-0.2, 0) is 6.54 Å². The Morgan fingerprint density at radius 1 is 1.14 bits per heavy atom. The SMILES string of the molecule is CCCCNCc1cc(C)n(-c2ccc(C)c(Cl)c2)c1C. The van der Waals surface area contributed by atoms with E-state index in [-0.39, 0.29) is 0 Å². The maximum atomic E-state index is 6.27. The number of unbranched alkanes of at least 4 members (excludes halogenated alkanes) is 1. The molecule has 0 bridgehead atoms. The topological polar surface area (TPSA) is 17.0 Å². The molecule has 0 radical (unpaired) electrons. The van der Waals surface area contributed by atoms with E-state index in [0.29, 0.717) is 0 Å². The summed E-state index contributed by atoms with van der Waals surface area (Å²) in [6.07, 6.45) is 2.46. The number of nitrogens with zero attached hydrogens (tertiary/aromatic N) is 1. The molecule has 0 saturated carbocycles. The normalized spacial score (nSPS) is 11.1. The van der Waals surface area contributed by atoms with Crippen LogP contribution in [0.5, 0.6) is 0 Å². The second kappa shape index (κ2) is 7.15. The highest BCUT2D eigenvalue weighted by atomic mass is 35.5. The van der Waals surface area contributed by atoms with Gasteiger partial charge < -0.3 is 9.88 Å². The second-order valence-electron chi connectivity index (χ2n) is 5.70. The minimum absolute atomic E-state index is 0.822. The summed E-state index contributed by atoms with van der Waals surface area (Å²) in [6.45, 7) is 10.6. The Morgan fingerprint density at radius 2 is 1.90 bits per heavy atom. The van der Waals surface area contributed by atoms with Crippen molar-refractivity contribution in [2.45, 2.75) is 47.1 Å². The molecule has 0 spiro atoms. The monoisotopic (exact) mass is 304 g/mol. The lowest BCUT2D eigenvalue weighted by molar-refractivity contribution is 0.639. The van der Waals surface area contributed by atoms with E-state index in [1.807, 2.05) is 13.0 Å². The van der Waals surface area contributed by atoms with Gasteiger partial charge in [0.25, 0.3) is 0 Å². The highest BCUT2D eigenvalue weighted by Gasteiger charge is 2.11. The zero-order chi connectivity index (χ0) is 15.4. The lowest BCUT2D eigenvalue weighted by Gasteiger charge is -2.12. The number of rotatable bonds is 6. The Kier molecular flexibility index (Phi) is 5.49. The third-order valence-corrected chi connectivity index (χ3v) is 4.38. The Balaban J connectivity index is 2.24. The number of halogens is 1. The first kappa shape index (κ1) is 16.1. The van der Waals surface area contributed by atoms with Crippen molar-refractivity contribution in [2.75, 3.05) is 6.54 Å². The maximum absolute atomic E-state index is 6.27. The van der Waals surface area contributed by atoms with Gasteiger partial charge in [-0.2, -0.15) is 0 Å². The van der Waals surface area contributed by atoms with Crippen molar-refractivity contribution in [2.24, 2.45) is 0 Å². The Bertz CT molecular complexity index is 614. The average Bonchev–Trinajstić information content (AvgIpc) is 2.73. The summed E-state index contributed by atoms with van der Waals surface area (Å²) < 4.78 is 2.28. The summed E-state index contributed by atoms with van der Waals surface area (Å²) in [5, 5.41) is 4.34. The zero-order valence-corrected chi connectivity index (χ0v) is 14.2. The first-order valence-corrected chi connectivity index (χ1v) is 8.07. The van der Waals surface area contributed by atoms with Crippen LogP contribution in [0.25, 0.3) is 5.69 Å². The molecule has 3 heteroatoms. The zero-order valence-electron chi connectivity index (χ0n) is 13.5. The molecule has 1 heterocycles. The largest absolute Gasteiger partial charge is 0.318 e. The van der Waals surface area contributed by atoms with Crippen LogP contribution in [0.3, 0.4) is 0 Å². The number of benzene rings is 1. The van der Waals surface area contributed by atoms with Crippen LogP contribution < -0.4 is 5.32 Å².